The molecule has 0 unspecified atom stereocenters. The van der Waals surface area contributed by atoms with Gasteiger partial charge in [-0.05, 0) is 6.07 Å². The van der Waals surface area contributed by atoms with Gasteiger partial charge in [0.25, 0.3) is 0 Å². The quantitative estimate of drug-likeness (QED) is 0.676. The lowest BCUT2D eigenvalue weighted by Gasteiger charge is -2.10. The fourth-order valence-corrected chi connectivity index (χ4v) is 1.73. The lowest BCUT2D eigenvalue weighted by molar-refractivity contribution is -0.135. The molecule has 0 bridgehead atoms. The van der Waals surface area contributed by atoms with E-state index in [1.54, 1.807) is 0 Å². The first-order chi connectivity index (χ1) is 8.36. The average Bonchev–Trinajstić information content (AvgIpc) is 2.69. The van der Waals surface area contributed by atoms with Gasteiger partial charge < -0.3 is 0 Å². The summed E-state index contributed by atoms with van der Waals surface area (Å²) < 4.78 is 39.6. The highest BCUT2D eigenvalue weighted by atomic mass is 19.4. The van der Waals surface area contributed by atoms with Gasteiger partial charge in [-0.15, -0.1) is 0 Å². The number of nitrogens with zero attached hydrogens (tertiary/aromatic N) is 3. The molecule has 0 atom stereocenters. The van der Waals surface area contributed by atoms with E-state index in [0.717, 1.165) is 16.9 Å². The summed E-state index contributed by atoms with van der Waals surface area (Å²) in [6.45, 7) is 7.96. The molecule has 18 heavy (non-hydrogen) atoms. The van der Waals surface area contributed by atoms with E-state index in [-0.39, 0.29) is 10.9 Å². The summed E-state index contributed by atoms with van der Waals surface area (Å²) in [4.78, 5) is 14.0. The van der Waals surface area contributed by atoms with E-state index < -0.39 is 23.3 Å². The van der Waals surface area contributed by atoms with Gasteiger partial charge in [0, 0.05) is 12.3 Å². The van der Waals surface area contributed by atoms with Crippen LogP contribution in [0, 0.1) is 6.57 Å². The molecule has 0 amide bonds. The first-order valence-corrected chi connectivity index (χ1v) is 4.82. The molecule has 0 aliphatic rings. The number of rotatable bonds is 0. The third-order valence-corrected chi connectivity index (χ3v) is 2.43. The molecule has 1 aromatic carbocycles. The third-order valence-electron chi connectivity index (χ3n) is 2.43. The maximum atomic E-state index is 12.9. The van der Waals surface area contributed by atoms with Gasteiger partial charge in [-0.3, -0.25) is 4.79 Å². The van der Waals surface area contributed by atoms with Crippen LogP contribution in [0.4, 0.5) is 18.9 Å². The maximum Gasteiger partial charge on any atom is 0.408 e. The van der Waals surface area contributed by atoms with Crippen molar-refractivity contribution in [3.63, 3.8) is 0 Å². The van der Waals surface area contributed by atoms with E-state index in [0.29, 0.717) is 0 Å². The topological polar surface area (TPSA) is 39.2 Å². The van der Waals surface area contributed by atoms with Crippen molar-refractivity contribution in [3.05, 3.63) is 35.3 Å². The summed E-state index contributed by atoms with van der Waals surface area (Å²) in [5.41, 5.74) is -1.51. The molecular weight excluding hydrogens is 247 g/mol. The number of hydrogen-bond donors (Lipinski definition) is 0. The monoisotopic (exact) mass is 253 g/mol. The molecule has 0 aliphatic carbocycles. The molecule has 0 fully saturated rings. The zero-order valence-corrected chi connectivity index (χ0v) is 9.12. The van der Waals surface area contributed by atoms with Gasteiger partial charge in [-0.25, -0.2) is 9.53 Å². The number of aromatic nitrogens is 2. The van der Waals surface area contributed by atoms with Crippen molar-refractivity contribution in [2.45, 2.75) is 13.1 Å². The molecule has 0 saturated carbocycles. The highest BCUT2D eigenvalue weighted by Crippen LogP contribution is 2.41. The molecule has 0 aliphatic heterocycles. The molecule has 0 N–H and O–H groups in total. The molecule has 0 saturated heterocycles. The van der Waals surface area contributed by atoms with Crippen molar-refractivity contribution >= 4 is 22.5 Å². The second-order valence-electron chi connectivity index (χ2n) is 3.58. The number of alkyl halides is 3. The molecule has 92 valence electrons. The average molecular weight is 253 g/mol. The largest absolute Gasteiger partial charge is 0.408 e. The summed E-state index contributed by atoms with van der Waals surface area (Å²) in [5, 5.41) is 3.36. The Bertz CT molecular complexity index is 679. The van der Waals surface area contributed by atoms with Crippen LogP contribution in [-0.4, -0.2) is 15.7 Å². The zero-order valence-electron chi connectivity index (χ0n) is 9.12. The first-order valence-electron chi connectivity index (χ1n) is 4.82. The number of carbonyl (C=O) groups excluding carboxylic acids is 1. The van der Waals surface area contributed by atoms with Crippen LogP contribution in [0.1, 0.15) is 17.3 Å². The SMILES string of the molecule is [C-]#[N+]c1ccc2c(cnn2C(C)=O)c1C(F)(F)F. The normalized spacial score (nSPS) is 11.5. The second-order valence-corrected chi connectivity index (χ2v) is 3.58. The molecule has 1 aromatic heterocycles. The van der Waals surface area contributed by atoms with Gasteiger partial charge in [0.05, 0.1) is 23.8 Å². The van der Waals surface area contributed by atoms with Crippen molar-refractivity contribution in [1.82, 2.24) is 9.78 Å². The fraction of sp³-hybridized carbons (Fsp3) is 0.182. The minimum Gasteiger partial charge on any atom is -0.273 e. The fourth-order valence-electron chi connectivity index (χ4n) is 1.73. The molecule has 4 nitrogen and oxygen atoms in total. The van der Waals surface area contributed by atoms with Crippen LogP contribution in [0.3, 0.4) is 0 Å². The van der Waals surface area contributed by atoms with Crippen LogP contribution in [-0.2, 0) is 6.18 Å². The Hall–Kier alpha value is -2.36. The van der Waals surface area contributed by atoms with Gasteiger partial charge in [-0.2, -0.15) is 18.3 Å². The summed E-state index contributed by atoms with van der Waals surface area (Å²) in [6, 6.07) is 2.33. The molecule has 7 heteroatoms. The predicted octanol–water partition coefficient (Wildman–Crippen LogP) is 3.27. The van der Waals surface area contributed by atoms with Crippen molar-refractivity contribution in [2.75, 3.05) is 0 Å². The van der Waals surface area contributed by atoms with Crippen LogP contribution < -0.4 is 0 Å². The standard InChI is InChI=1S/C11H6F3N3O/c1-6(18)17-9-4-3-8(15-2)10(11(12,13)14)7(9)5-16-17/h3-5H,1H3. The summed E-state index contributed by atoms with van der Waals surface area (Å²) in [6.07, 6.45) is -3.71. The Balaban J connectivity index is 2.89. The van der Waals surface area contributed by atoms with Crippen LogP contribution in [0.15, 0.2) is 18.3 Å². The molecule has 0 spiro atoms. The Morgan fingerprint density at radius 3 is 2.61 bits per heavy atom. The van der Waals surface area contributed by atoms with Crippen LogP contribution in [0.5, 0.6) is 0 Å². The van der Waals surface area contributed by atoms with Crippen LogP contribution in [0.2, 0.25) is 0 Å². The molecule has 1 heterocycles. The Kier molecular flexibility index (Phi) is 2.58. The van der Waals surface area contributed by atoms with Crippen LogP contribution in [0.25, 0.3) is 15.7 Å². The number of halogens is 3. The van der Waals surface area contributed by atoms with Crippen LogP contribution >= 0.6 is 0 Å². The molecule has 2 aromatic rings. The first kappa shape index (κ1) is 12.1. The van der Waals surface area contributed by atoms with E-state index in [1.165, 1.54) is 13.0 Å². The number of carbonyl (C=O) groups is 1. The van der Waals surface area contributed by atoms with E-state index in [4.69, 9.17) is 6.57 Å². The van der Waals surface area contributed by atoms with Crippen molar-refractivity contribution < 1.29 is 18.0 Å². The molecule has 0 radical (unpaired) electrons. The maximum absolute atomic E-state index is 12.9. The molecular formula is C11H6F3N3O. The van der Waals surface area contributed by atoms with Crippen molar-refractivity contribution in [2.24, 2.45) is 0 Å². The van der Waals surface area contributed by atoms with E-state index in [9.17, 15) is 18.0 Å². The minimum atomic E-state index is -4.66. The van der Waals surface area contributed by atoms with E-state index in [2.05, 4.69) is 9.94 Å². The predicted molar refractivity (Wildman–Crippen MR) is 57.3 cm³/mol. The summed E-state index contributed by atoms with van der Waals surface area (Å²) >= 11 is 0. The summed E-state index contributed by atoms with van der Waals surface area (Å²) in [5.74, 6) is -0.492. The highest BCUT2D eigenvalue weighted by Gasteiger charge is 2.36. The lowest BCUT2D eigenvalue weighted by atomic mass is 10.1. The second kappa shape index (κ2) is 3.84. The molecule has 2 rings (SSSR count). The van der Waals surface area contributed by atoms with Crippen molar-refractivity contribution in [1.29, 1.82) is 0 Å². The number of hydrogen-bond acceptors (Lipinski definition) is 2. The Morgan fingerprint density at radius 1 is 1.44 bits per heavy atom. The van der Waals surface area contributed by atoms with Crippen molar-refractivity contribution in [3.8, 4) is 0 Å². The van der Waals surface area contributed by atoms with Gasteiger partial charge >= 0.3 is 6.18 Å². The lowest BCUT2D eigenvalue weighted by Crippen LogP contribution is -2.08. The third kappa shape index (κ3) is 1.72. The highest BCUT2D eigenvalue weighted by molar-refractivity contribution is 5.94. The van der Waals surface area contributed by atoms with E-state index in [1.807, 2.05) is 0 Å². The zero-order chi connectivity index (χ0) is 13.5. The van der Waals surface area contributed by atoms with Gasteiger partial charge in [0.1, 0.15) is 0 Å². The minimum absolute atomic E-state index is 0.0437. The summed E-state index contributed by atoms with van der Waals surface area (Å²) in [7, 11) is 0. The number of benzene rings is 1. The Labute approximate surface area is 99.4 Å². The Morgan fingerprint density at radius 2 is 2.11 bits per heavy atom. The van der Waals surface area contributed by atoms with Gasteiger partial charge in [-0.1, -0.05) is 6.07 Å². The number of fused-ring (bicyclic) bond motifs is 1. The van der Waals surface area contributed by atoms with Gasteiger partial charge in [0.2, 0.25) is 5.91 Å². The van der Waals surface area contributed by atoms with Gasteiger partial charge in [0.15, 0.2) is 5.69 Å². The smallest absolute Gasteiger partial charge is 0.273 e. The van der Waals surface area contributed by atoms with E-state index >= 15 is 0 Å².